The summed E-state index contributed by atoms with van der Waals surface area (Å²) in [6.07, 6.45) is 2.04. The molecule has 1 aromatic heterocycles. The Morgan fingerprint density at radius 3 is 2.78 bits per heavy atom. The van der Waals surface area contributed by atoms with E-state index in [1.54, 1.807) is 23.1 Å². The van der Waals surface area contributed by atoms with Gasteiger partial charge in [-0.25, -0.2) is 19.2 Å². The fraction of sp³-hybridized carbons (Fsp3) is 0.400. The first-order chi connectivity index (χ1) is 18.0. The third-order valence-electron chi connectivity index (χ3n) is 6.42. The number of nitrogens with one attached hydrogen (secondary N) is 2. The molecule has 1 atom stereocenters. The molecule has 2 amide bonds. The zero-order valence-corrected chi connectivity index (χ0v) is 20.9. The fourth-order valence-electron chi connectivity index (χ4n) is 4.38. The number of aliphatic hydroxyl groups excluding tert-OH is 1. The summed E-state index contributed by atoms with van der Waals surface area (Å²) in [5.41, 5.74) is 1.65. The highest BCUT2D eigenvalue weighted by Crippen LogP contribution is 2.35. The van der Waals surface area contributed by atoms with Gasteiger partial charge in [-0.3, -0.25) is 4.90 Å². The summed E-state index contributed by atoms with van der Waals surface area (Å²) in [5, 5.41) is 16.0. The molecule has 2 aromatic carbocycles. The number of hydrogen-bond acceptors (Lipinski definition) is 8. The number of urea groups is 1. The number of benzene rings is 2. The summed E-state index contributed by atoms with van der Waals surface area (Å²) in [4.78, 5) is 25.8. The van der Waals surface area contributed by atoms with Crippen LogP contribution in [0, 0.1) is 5.82 Å². The lowest BCUT2D eigenvalue weighted by Gasteiger charge is -2.34. The highest BCUT2D eigenvalue weighted by atomic mass is 35.5. The number of anilines is 3. The van der Waals surface area contributed by atoms with Crippen LogP contribution in [-0.4, -0.2) is 89.6 Å². The van der Waals surface area contributed by atoms with Gasteiger partial charge >= 0.3 is 6.03 Å². The van der Waals surface area contributed by atoms with Crippen molar-refractivity contribution in [3.05, 3.63) is 47.5 Å². The van der Waals surface area contributed by atoms with Crippen molar-refractivity contribution < 1.29 is 23.8 Å². The molecule has 37 heavy (non-hydrogen) atoms. The van der Waals surface area contributed by atoms with Crippen LogP contribution in [0.25, 0.3) is 10.9 Å². The van der Waals surface area contributed by atoms with Gasteiger partial charge in [0.2, 0.25) is 0 Å². The summed E-state index contributed by atoms with van der Waals surface area (Å²) < 4.78 is 25.3. The number of aromatic nitrogens is 2. The third-order valence-corrected chi connectivity index (χ3v) is 6.71. The molecule has 3 N–H and O–H groups in total. The monoisotopic (exact) mass is 530 g/mol. The lowest BCUT2D eigenvalue weighted by molar-refractivity contribution is 0.127. The van der Waals surface area contributed by atoms with Gasteiger partial charge in [0.1, 0.15) is 29.8 Å². The van der Waals surface area contributed by atoms with Crippen LogP contribution in [0.5, 0.6) is 5.75 Å². The number of aliphatic hydroxyl groups is 1. The second kappa shape index (κ2) is 11.4. The maximum Gasteiger partial charge on any atom is 0.322 e. The number of fused-ring (bicyclic) bond motifs is 1. The van der Waals surface area contributed by atoms with Crippen LogP contribution >= 0.6 is 11.6 Å². The Bertz CT molecular complexity index is 1270. The number of carbonyl (C=O) groups is 1. The molecule has 0 unspecified atom stereocenters. The van der Waals surface area contributed by atoms with Crippen LogP contribution in [0.4, 0.5) is 26.4 Å². The molecule has 0 radical (unpaired) electrons. The van der Waals surface area contributed by atoms with E-state index in [0.717, 1.165) is 6.42 Å². The minimum absolute atomic E-state index is 0.00938. The molecule has 12 heteroatoms. The topological polar surface area (TPSA) is 112 Å². The van der Waals surface area contributed by atoms with E-state index in [2.05, 4.69) is 25.5 Å². The molecule has 0 aliphatic carbocycles. The molecule has 196 valence electrons. The van der Waals surface area contributed by atoms with Gasteiger partial charge in [-0.1, -0.05) is 11.6 Å². The predicted octanol–water partition coefficient (Wildman–Crippen LogP) is 3.48. The van der Waals surface area contributed by atoms with Crippen molar-refractivity contribution in [3.8, 4) is 5.75 Å². The second-order valence-electron chi connectivity index (χ2n) is 8.93. The number of ether oxygens (including phenoxy) is 2. The predicted molar refractivity (Wildman–Crippen MR) is 138 cm³/mol. The molecule has 2 aliphatic heterocycles. The summed E-state index contributed by atoms with van der Waals surface area (Å²) >= 11 is 5.94. The molecule has 2 aliphatic rings. The van der Waals surface area contributed by atoms with Gasteiger partial charge in [0, 0.05) is 56.3 Å². The fourth-order valence-corrected chi connectivity index (χ4v) is 4.57. The summed E-state index contributed by atoms with van der Waals surface area (Å²) in [6.45, 7) is 4.26. The largest absolute Gasteiger partial charge is 0.486 e. The van der Waals surface area contributed by atoms with Crippen LogP contribution < -0.4 is 15.4 Å². The first-order valence-corrected chi connectivity index (χ1v) is 12.5. The average molecular weight is 531 g/mol. The summed E-state index contributed by atoms with van der Waals surface area (Å²) in [5.74, 6) is 0.445. The molecule has 3 heterocycles. The molecule has 3 aromatic rings. The number of piperazine rings is 1. The molecule has 5 rings (SSSR count). The molecular formula is C25H28ClFN6O4. The quantitative estimate of drug-likeness (QED) is 0.426. The van der Waals surface area contributed by atoms with Crippen molar-refractivity contribution in [2.45, 2.75) is 12.5 Å². The maximum atomic E-state index is 13.6. The zero-order chi connectivity index (χ0) is 25.8. The van der Waals surface area contributed by atoms with Gasteiger partial charge < -0.3 is 30.1 Å². The second-order valence-corrected chi connectivity index (χ2v) is 9.33. The van der Waals surface area contributed by atoms with E-state index in [1.807, 2.05) is 0 Å². The Balaban J connectivity index is 1.43. The average Bonchev–Trinajstić information content (AvgIpc) is 3.41. The number of amides is 2. The first-order valence-electron chi connectivity index (χ1n) is 12.1. The van der Waals surface area contributed by atoms with E-state index < -0.39 is 5.82 Å². The van der Waals surface area contributed by atoms with Gasteiger partial charge in [0.25, 0.3) is 0 Å². The molecular weight excluding hydrogens is 503 g/mol. The Morgan fingerprint density at radius 2 is 2.05 bits per heavy atom. The highest BCUT2D eigenvalue weighted by Gasteiger charge is 2.24. The lowest BCUT2D eigenvalue weighted by atomic mass is 10.1. The SMILES string of the molecule is O=C(Nc1cc2c(Nc3ccc(F)c(Cl)c3)ncnc2cc1O[C@H]1CCOC1)N1CCN(CCO)CC1. The van der Waals surface area contributed by atoms with Crippen LogP contribution in [-0.2, 0) is 4.74 Å². The van der Waals surface area contributed by atoms with Crippen molar-refractivity contribution >= 4 is 45.7 Å². The smallest absolute Gasteiger partial charge is 0.322 e. The van der Waals surface area contributed by atoms with E-state index in [0.29, 0.717) is 79.8 Å². The van der Waals surface area contributed by atoms with Crippen LogP contribution in [0.3, 0.4) is 0 Å². The van der Waals surface area contributed by atoms with Crippen LogP contribution in [0.15, 0.2) is 36.7 Å². The van der Waals surface area contributed by atoms with E-state index in [1.165, 1.54) is 18.5 Å². The molecule has 2 fully saturated rings. The first kappa shape index (κ1) is 25.4. The Labute approximate surface area is 218 Å². The summed E-state index contributed by atoms with van der Waals surface area (Å²) in [7, 11) is 0. The molecule has 0 bridgehead atoms. The summed E-state index contributed by atoms with van der Waals surface area (Å²) in [6, 6.07) is 7.61. The number of hydrogen-bond donors (Lipinski definition) is 3. The molecule has 10 nitrogen and oxygen atoms in total. The van der Waals surface area contributed by atoms with Crippen molar-refractivity contribution in [3.63, 3.8) is 0 Å². The minimum atomic E-state index is -0.514. The maximum absolute atomic E-state index is 13.6. The van der Waals surface area contributed by atoms with Crippen LogP contribution in [0.2, 0.25) is 5.02 Å². The molecule has 0 saturated carbocycles. The van der Waals surface area contributed by atoms with Crippen molar-refractivity contribution in [2.24, 2.45) is 0 Å². The van der Waals surface area contributed by atoms with Gasteiger partial charge in [0.15, 0.2) is 0 Å². The Kier molecular flexibility index (Phi) is 7.85. The van der Waals surface area contributed by atoms with Crippen molar-refractivity contribution in [1.82, 2.24) is 19.8 Å². The Morgan fingerprint density at radius 1 is 1.22 bits per heavy atom. The minimum Gasteiger partial charge on any atom is -0.486 e. The van der Waals surface area contributed by atoms with E-state index >= 15 is 0 Å². The zero-order valence-electron chi connectivity index (χ0n) is 20.1. The van der Waals surface area contributed by atoms with Crippen molar-refractivity contribution in [1.29, 1.82) is 0 Å². The van der Waals surface area contributed by atoms with Gasteiger partial charge in [-0.2, -0.15) is 0 Å². The highest BCUT2D eigenvalue weighted by molar-refractivity contribution is 6.31. The Hall–Kier alpha value is -3.25. The standard InChI is InChI=1S/C25H28ClFN6O4/c26-19-11-16(1-2-20(19)27)30-24-18-12-22(31-25(35)33-6-4-32(5-7-33)8-9-34)23(13-21(18)28-15-29-24)37-17-3-10-36-14-17/h1-2,11-13,15,17,34H,3-10,14H2,(H,31,35)(H,28,29,30)/t17-/m0/s1. The number of halogens is 2. The molecule has 0 spiro atoms. The number of carbonyl (C=O) groups excluding carboxylic acids is 1. The number of β-amino-alcohol motifs (C(OH)–C–C–N with tert-alkyl or cyclic N) is 1. The van der Waals surface area contributed by atoms with Crippen molar-refractivity contribution in [2.75, 3.05) is 63.2 Å². The van der Waals surface area contributed by atoms with E-state index in [-0.39, 0.29) is 23.8 Å². The number of rotatable bonds is 7. The number of nitrogens with zero attached hydrogens (tertiary/aromatic N) is 4. The van der Waals surface area contributed by atoms with Gasteiger partial charge in [-0.05, 0) is 24.3 Å². The van der Waals surface area contributed by atoms with Gasteiger partial charge in [0.05, 0.1) is 36.0 Å². The molecule has 2 saturated heterocycles. The normalized spacial score (nSPS) is 18.2. The third kappa shape index (κ3) is 6.02. The van der Waals surface area contributed by atoms with Crippen LogP contribution in [0.1, 0.15) is 6.42 Å². The van der Waals surface area contributed by atoms with Gasteiger partial charge in [-0.15, -0.1) is 0 Å². The lowest BCUT2D eigenvalue weighted by Crippen LogP contribution is -2.50. The van der Waals surface area contributed by atoms with E-state index in [4.69, 9.17) is 26.2 Å². The van der Waals surface area contributed by atoms with E-state index in [9.17, 15) is 9.18 Å².